The highest BCUT2D eigenvalue weighted by Crippen LogP contribution is 2.10. The summed E-state index contributed by atoms with van der Waals surface area (Å²) in [7, 11) is 0. The number of carboxylic acids is 1. The van der Waals surface area contributed by atoms with Crippen molar-refractivity contribution in [2.75, 3.05) is 0 Å². The molecule has 0 radical (unpaired) electrons. The van der Waals surface area contributed by atoms with Gasteiger partial charge < -0.3 is 10.4 Å². The Kier molecular flexibility index (Phi) is 18.1. The summed E-state index contributed by atoms with van der Waals surface area (Å²) < 4.78 is 0. The van der Waals surface area contributed by atoms with Gasteiger partial charge in [0.25, 0.3) is 0 Å². The first-order valence-corrected chi connectivity index (χ1v) is 10.9. The molecule has 0 aliphatic heterocycles. The molecular weight excluding hydrogens is 338 g/mol. The van der Waals surface area contributed by atoms with Crippen molar-refractivity contribution >= 4 is 11.9 Å². The molecule has 0 aliphatic carbocycles. The molecule has 1 unspecified atom stereocenters. The van der Waals surface area contributed by atoms with Gasteiger partial charge in [-0.25, -0.2) is 0 Å². The van der Waals surface area contributed by atoms with Gasteiger partial charge in [0.05, 0.1) is 0 Å². The minimum atomic E-state index is -0.989. The van der Waals surface area contributed by atoms with Crippen molar-refractivity contribution in [3.63, 3.8) is 0 Å². The van der Waals surface area contributed by atoms with Gasteiger partial charge in [-0.1, -0.05) is 76.2 Å². The second-order valence-electron chi connectivity index (χ2n) is 7.32. The molecule has 0 spiro atoms. The minimum Gasteiger partial charge on any atom is -0.480 e. The Balaban J connectivity index is 3.32. The van der Waals surface area contributed by atoms with Crippen molar-refractivity contribution < 1.29 is 14.7 Å². The number of unbranched alkanes of at least 4 members (excludes halogenated alkanes) is 10. The van der Waals surface area contributed by atoms with E-state index in [9.17, 15) is 9.59 Å². The topological polar surface area (TPSA) is 66.4 Å². The van der Waals surface area contributed by atoms with E-state index in [1.165, 1.54) is 64.7 Å². The van der Waals surface area contributed by atoms with Gasteiger partial charge in [-0.05, 0) is 45.4 Å². The Morgan fingerprint density at radius 2 is 1.33 bits per heavy atom. The first-order chi connectivity index (χ1) is 13.1. The van der Waals surface area contributed by atoms with Crippen molar-refractivity contribution in [2.24, 2.45) is 0 Å². The number of hydrogen-bond acceptors (Lipinski definition) is 2. The summed E-state index contributed by atoms with van der Waals surface area (Å²) in [6.45, 7) is 3.72. The van der Waals surface area contributed by atoms with Gasteiger partial charge in [-0.15, -0.1) is 0 Å². The van der Waals surface area contributed by atoms with Crippen LogP contribution in [0.5, 0.6) is 0 Å². The number of aliphatic carboxylic acids is 1. The predicted octanol–water partition coefficient (Wildman–Crippen LogP) is 6.17. The van der Waals surface area contributed by atoms with E-state index in [0.717, 1.165) is 25.7 Å². The van der Waals surface area contributed by atoms with Crippen molar-refractivity contribution in [3.8, 4) is 0 Å². The molecule has 0 bridgehead atoms. The molecule has 0 saturated heterocycles. The van der Waals surface area contributed by atoms with Crippen molar-refractivity contribution in [1.29, 1.82) is 0 Å². The number of nitrogens with one attached hydrogen (secondary N) is 1. The van der Waals surface area contributed by atoms with Crippen molar-refractivity contribution in [3.05, 3.63) is 24.3 Å². The van der Waals surface area contributed by atoms with Crippen LogP contribution in [0.25, 0.3) is 0 Å². The fourth-order valence-electron chi connectivity index (χ4n) is 2.83. The zero-order chi connectivity index (χ0) is 20.2. The van der Waals surface area contributed by atoms with E-state index < -0.39 is 12.0 Å². The number of allylic oxidation sites excluding steroid dienone is 4. The second kappa shape index (κ2) is 19.2. The summed E-state index contributed by atoms with van der Waals surface area (Å²) in [5.41, 5.74) is 0. The largest absolute Gasteiger partial charge is 0.480 e. The van der Waals surface area contributed by atoms with Gasteiger partial charge >= 0.3 is 5.97 Å². The molecule has 4 nitrogen and oxygen atoms in total. The molecule has 0 aromatic heterocycles. The summed E-state index contributed by atoms with van der Waals surface area (Å²) >= 11 is 0. The standard InChI is InChI=1S/C23H41NO3/c1-3-4-5-6-7-8-9-10-11-12-13-14-15-16-17-18-19-20-22(25)24-21(2)23(26)27/h7-8,10-11,21H,3-6,9,12-20H2,1-2H3,(H,24,25)(H,26,27)/b8-7-,11-10-. The smallest absolute Gasteiger partial charge is 0.325 e. The van der Waals surface area contributed by atoms with Crippen LogP contribution in [0.2, 0.25) is 0 Å². The third-order valence-electron chi connectivity index (χ3n) is 4.60. The van der Waals surface area contributed by atoms with E-state index in [0.29, 0.717) is 6.42 Å². The highest BCUT2D eigenvalue weighted by Gasteiger charge is 2.12. The molecule has 0 aromatic carbocycles. The molecule has 156 valence electrons. The molecule has 0 rings (SSSR count). The van der Waals surface area contributed by atoms with Gasteiger partial charge in [0.15, 0.2) is 0 Å². The maximum atomic E-state index is 11.5. The van der Waals surface area contributed by atoms with Crippen LogP contribution in [0, 0.1) is 0 Å². The normalized spacial score (nSPS) is 12.7. The van der Waals surface area contributed by atoms with Gasteiger partial charge in [0.1, 0.15) is 6.04 Å². The van der Waals surface area contributed by atoms with Crippen LogP contribution < -0.4 is 5.32 Å². The lowest BCUT2D eigenvalue weighted by Gasteiger charge is -2.08. The molecule has 1 atom stereocenters. The lowest BCUT2D eigenvalue weighted by atomic mass is 10.1. The lowest BCUT2D eigenvalue weighted by molar-refractivity contribution is -0.141. The van der Waals surface area contributed by atoms with Crippen molar-refractivity contribution in [1.82, 2.24) is 5.32 Å². The summed E-state index contributed by atoms with van der Waals surface area (Å²) in [6.07, 6.45) is 25.0. The number of carbonyl (C=O) groups excluding carboxylic acids is 1. The zero-order valence-electron chi connectivity index (χ0n) is 17.5. The fraction of sp³-hybridized carbons (Fsp3) is 0.739. The third kappa shape index (κ3) is 19.0. The van der Waals surface area contributed by atoms with Crippen LogP contribution >= 0.6 is 0 Å². The van der Waals surface area contributed by atoms with Crippen LogP contribution in [0.3, 0.4) is 0 Å². The van der Waals surface area contributed by atoms with Crippen LogP contribution in [-0.4, -0.2) is 23.0 Å². The third-order valence-corrected chi connectivity index (χ3v) is 4.60. The van der Waals surface area contributed by atoms with E-state index in [1.54, 1.807) is 0 Å². The Morgan fingerprint density at radius 3 is 1.89 bits per heavy atom. The van der Waals surface area contributed by atoms with Crippen molar-refractivity contribution in [2.45, 2.75) is 110 Å². The number of hydrogen-bond donors (Lipinski definition) is 2. The highest BCUT2D eigenvalue weighted by molar-refractivity contribution is 5.83. The number of amides is 1. The van der Waals surface area contributed by atoms with Crippen LogP contribution in [0.15, 0.2) is 24.3 Å². The average molecular weight is 380 g/mol. The molecule has 0 saturated carbocycles. The van der Waals surface area contributed by atoms with Gasteiger partial charge in [-0.2, -0.15) is 0 Å². The van der Waals surface area contributed by atoms with Crippen LogP contribution in [0.4, 0.5) is 0 Å². The Hall–Kier alpha value is -1.58. The first-order valence-electron chi connectivity index (χ1n) is 10.9. The summed E-state index contributed by atoms with van der Waals surface area (Å²) in [5, 5.41) is 11.2. The quantitative estimate of drug-likeness (QED) is 0.221. The number of rotatable bonds is 18. The highest BCUT2D eigenvalue weighted by atomic mass is 16.4. The summed E-state index contributed by atoms with van der Waals surface area (Å²) in [5.74, 6) is -1.15. The lowest BCUT2D eigenvalue weighted by Crippen LogP contribution is -2.38. The summed E-state index contributed by atoms with van der Waals surface area (Å²) in [6, 6.07) is -0.798. The summed E-state index contributed by atoms with van der Waals surface area (Å²) in [4.78, 5) is 22.2. The Morgan fingerprint density at radius 1 is 0.815 bits per heavy atom. The van der Waals surface area contributed by atoms with E-state index in [1.807, 2.05) is 0 Å². The second-order valence-corrected chi connectivity index (χ2v) is 7.32. The van der Waals surface area contributed by atoms with E-state index in [2.05, 4.69) is 36.5 Å². The molecule has 0 aliphatic rings. The Labute approximate surface area is 166 Å². The molecule has 2 N–H and O–H groups in total. The molecule has 1 amide bonds. The monoisotopic (exact) mass is 379 g/mol. The first kappa shape index (κ1) is 25.4. The van der Waals surface area contributed by atoms with Gasteiger partial charge in [-0.3, -0.25) is 9.59 Å². The fourth-order valence-corrected chi connectivity index (χ4v) is 2.83. The molecule has 0 heterocycles. The van der Waals surface area contributed by atoms with Crippen LogP contribution in [0.1, 0.15) is 104 Å². The number of carboxylic acid groups (broad SMARTS) is 1. The SMILES string of the molecule is CCCCC/C=C\C/C=C\CCCCCCCCCC(=O)NC(C)C(=O)O. The zero-order valence-corrected chi connectivity index (χ0v) is 17.5. The van der Waals surface area contributed by atoms with Crippen LogP contribution in [-0.2, 0) is 9.59 Å². The number of carbonyl (C=O) groups is 2. The van der Waals surface area contributed by atoms with E-state index in [-0.39, 0.29) is 5.91 Å². The van der Waals surface area contributed by atoms with E-state index in [4.69, 9.17) is 5.11 Å². The maximum Gasteiger partial charge on any atom is 0.325 e. The molecule has 27 heavy (non-hydrogen) atoms. The molecular formula is C23H41NO3. The maximum absolute atomic E-state index is 11.5. The van der Waals surface area contributed by atoms with E-state index >= 15 is 0 Å². The predicted molar refractivity (Wildman–Crippen MR) is 114 cm³/mol. The van der Waals surface area contributed by atoms with Gasteiger partial charge in [0.2, 0.25) is 5.91 Å². The minimum absolute atomic E-state index is 0.160. The van der Waals surface area contributed by atoms with Gasteiger partial charge in [0, 0.05) is 6.42 Å². The molecule has 0 fully saturated rings. The molecule has 4 heteroatoms. The molecule has 0 aromatic rings. The Bertz CT molecular complexity index is 429. The average Bonchev–Trinajstić information content (AvgIpc) is 2.64.